The van der Waals surface area contributed by atoms with Gasteiger partial charge in [0.25, 0.3) is 0 Å². The maximum Gasteiger partial charge on any atom is 0.341 e. The number of carbonyl (C=O) groups is 1. The van der Waals surface area contributed by atoms with Crippen LogP contribution in [0, 0.1) is 0 Å². The van der Waals surface area contributed by atoms with Crippen molar-refractivity contribution in [1.82, 2.24) is 20.1 Å². The lowest BCUT2D eigenvalue weighted by molar-refractivity contribution is 0.00715. The fourth-order valence-electron chi connectivity index (χ4n) is 4.58. The van der Waals surface area contributed by atoms with E-state index >= 15 is 0 Å². The Morgan fingerprint density at radius 2 is 1.82 bits per heavy atom. The van der Waals surface area contributed by atoms with Gasteiger partial charge in [-0.2, -0.15) is 0 Å². The second kappa shape index (κ2) is 10.3. The van der Waals surface area contributed by atoms with Gasteiger partial charge in [-0.3, -0.25) is 0 Å². The average molecular weight is 576 g/mol. The number of fused-ring (bicyclic) bond motifs is 2. The first kappa shape index (κ1) is 26.1. The van der Waals surface area contributed by atoms with Gasteiger partial charge >= 0.3 is 5.97 Å². The molecule has 196 valence electrons. The van der Waals surface area contributed by atoms with E-state index in [1.165, 1.54) is 11.1 Å². The number of nitrogens with zero attached hydrogens (tertiary/aromatic N) is 4. The minimum atomic E-state index is -0.649. The third kappa shape index (κ3) is 5.35. The Balaban J connectivity index is 1.63. The molecule has 5 rings (SSSR count). The van der Waals surface area contributed by atoms with E-state index < -0.39 is 11.6 Å². The third-order valence-electron chi connectivity index (χ3n) is 6.37. The summed E-state index contributed by atoms with van der Waals surface area (Å²) in [7, 11) is 3.77. The summed E-state index contributed by atoms with van der Waals surface area (Å²) in [5.41, 5.74) is 5.58. The number of anilines is 2. The molecular formula is C29H30BrN5O3. The normalized spacial score (nSPS) is 13.7. The van der Waals surface area contributed by atoms with Crippen molar-refractivity contribution in [3.05, 3.63) is 69.7 Å². The maximum atomic E-state index is 13.0. The Hall–Kier alpha value is -3.56. The molecule has 0 saturated carbocycles. The van der Waals surface area contributed by atoms with Gasteiger partial charge in [0.2, 0.25) is 5.95 Å². The molecule has 0 fully saturated rings. The van der Waals surface area contributed by atoms with Gasteiger partial charge in [-0.25, -0.2) is 9.78 Å². The summed E-state index contributed by atoms with van der Waals surface area (Å²) >= 11 is 3.65. The molecule has 38 heavy (non-hydrogen) atoms. The highest BCUT2D eigenvalue weighted by molar-refractivity contribution is 9.10. The van der Waals surface area contributed by atoms with Crippen molar-refractivity contribution in [1.29, 1.82) is 0 Å². The lowest BCUT2D eigenvalue weighted by atomic mass is 9.99. The van der Waals surface area contributed by atoms with E-state index in [9.17, 15) is 4.79 Å². The van der Waals surface area contributed by atoms with Crippen LogP contribution in [0.5, 0.6) is 5.75 Å². The molecular weight excluding hydrogens is 546 g/mol. The molecule has 0 bridgehead atoms. The van der Waals surface area contributed by atoms with Gasteiger partial charge in [-0.05, 0) is 75.2 Å². The number of nitrogens with one attached hydrogen (secondary N) is 1. The Kier molecular flexibility index (Phi) is 7.07. The van der Waals surface area contributed by atoms with Gasteiger partial charge in [0.15, 0.2) is 0 Å². The molecule has 1 aromatic heterocycles. The van der Waals surface area contributed by atoms with E-state index in [1.54, 1.807) is 13.2 Å². The summed E-state index contributed by atoms with van der Waals surface area (Å²) in [6, 6.07) is 15.6. The zero-order valence-corrected chi connectivity index (χ0v) is 23.7. The molecule has 0 aliphatic carbocycles. The number of aromatic nitrogens is 3. The number of carbonyl (C=O) groups excluding carboxylic acids is 1. The number of rotatable bonds is 5. The number of hydrogen-bond donors (Lipinski definition) is 1. The highest BCUT2D eigenvalue weighted by Crippen LogP contribution is 2.36. The standard InChI is InChI=1S/C29H30BrN5O3/c1-29(2,3)38-27(36)21-11-10-20(19-8-6-7-9-22(19)30)25-26(21)33-34-28(32-25)31-23-14-18-16-35(4)13-12-17(18)15-24(23)37-5/h6-11,14-15H,12-13,16H2,1-5H3,(H,31,32,34). The Labute approximate surface area is 230 Å². The Bertz CT molecular complexity index is 1530. The summed E-state index contributed by atoms with van der Waals surface area (Å²) in [4.78, 5) is 20.2. The summed E-state index contributed by atoms with van der Waals surface area (Å²) < 4.78 is 12.2. The fraction of sp³-hybridized carbons (Fsp3) is 0.310. The van der Waals surface area contributed by atoms with Gasteiger partial charge in [-0.1, -0.05) is 40.2 Å². The van der Waals surface area contributed by atoms with Crippen LogP contribution in [0.3, 0.4) is 0 Å². The predicted molar refractivity (Wildman–Crippen MR) is 152 cm³/mol. The predicted octanol–water partition coefficient (Wildman–Crippen LogP) is 6.15. The van der Waals surface area contributed by atoms with E-state index in [0.717, 1.165) is 40.8 Å². The minimum absolute atomic E-state index is 0.301. The summed E-state index contributed by atoms with van der Waals surface area (Å²) in [5.74, 6) is 0.540. The molecule has 0 spiro atoms. The van der Waals surface area contributed by atoms with Crippen molar-refractivity contribution in [2.75, 3.05) is 26.0 Å². The molecule has 1 aliphatic heterocycles. The molecule has 0 amide bonds. The number of esters is 1. The van der Waals surface area contributed by atoms with Crippen LogP contribution in [-0.2, 0) is 17.7 Å². The van der Waals surface area contributed by atoms with Crippen LogP contribution in [0.4, 0.5) is 11.6 Å². The van der Waals surface area contributed by atoms with Crippen molar-refractivity contribution >= 4 is 44.6 Å². The first-order valence-electron chi connectivity index (χ1n) is 12.4. The second-order valence-corrected chi connectivity index (χ2v) is 11.3. The van der Waals surface area contributed by atoms with E-state index in [4.69, 9.17) is 14.5 Å². The number of halogens is 1. The summed E-state index contributed by atoms with van der Waals surface area (Å²) in [5, 5.41) is 12.1. The fourth-order valence-corrected chi connectivity index (χ4v) is 5.08. The quantitative estimate of drug-likeness (QED) is 0.283. The monoisotopic (exact) mass is 575 g/mol. The average Bonchev–Trinajstić information content (AvgIpc) is 2.87. The molecule has 1 N–H and O–H groups in total. The molecule has 4 aromatic rings. The van der Waals surface area contributed by atoms with Gasteiger partial charge in [0.1, 0.15) is 22.4 Å². The van der Waals surface area contributed by atoms with Crippen molar-refractivity contribution < 1.29 is 14.3 Å². The van der Waals surface area contributed by atoms with E-state index in [2.05, 4.69) is 55.5 Å². The first-order chi connectivity index (χ1) is 18.1. The van der Waals surface area contributed by atoms with Crippen LogP contribution in [0.25, 0.3) is 22.2 Å². The lowest BCUT2D eigenvalue weighted by Crippen LogP contribution is -2.26. The van der Waals surface area contributed by atoms with Gasteiger partial charge < -0.3 is 19.7 Å². The molecule has 0 saturated heterocycles. The smallest absolute Gasteiger partial charge is 0.341 e. The molecule has 9 heteroatoms. The van der Waals surface area contributed by atoms with Crippen molar-refractivity contribution in [2.45, 2.75) is 39.3 Å². The third-order valence-corrected chi connectivity index (χ3v) is 7.06. The van der Waals surface area contributed by atoms with Crippen molar-refractivity contribution in [2.24, 2.45) is 0 Å². The molecule has 0 radical (unpaired) electrons. The SMILES string of the molecule is COc1cc2c(cc1Nc1nnc3c(C(=O)OC(C)(C)C)ccc(-c4ccccc4Br)c3n1)CN(C)CC2. The number of hydrogen-bond acceptors (Lipinski definition) is 8. The summed E-state index contributed by atoms with van der Waals surface area (Å²) in [6.07, 6.45) is 0.971. The van der Waals surface area contributed by atoms with Crippen LogP contribution in [0.1, 0.15) is 42.3 Å². The highest BCUT2D eigenvalue weighted by atomic mass is 79.9. The Morgan fingerprint density at radius 3 is 2.55 bits per heavy atom. The van der Waals surface area contributed by atoms with Crippen LogP contribution in [0.15, 0.2) is 53.0 Å². The van der Waals surface area contributed by atoms with Crippen LogP contribution in [-0.4, -0.2) is 52.4 Å². The highest BCUT2D eigenvalue weighted by Gasteiger charge is 2.24. The number of benzene rings is 3. The van der Waals surface area contributed by atoms with Crippen LogP contribution in [0.2, 0.25) is 0 Å². The van der Waals surface area contributed by atoms with E-state index in [-0.39, 0.29) is 0 Å². The van der Waals surface area contributed by atoms with Crippen LogP contribution < -0.4 is 10.1 Å². The Morgan fingerprint density at radius 1 is 1.03 bits per heavy atom. The maximum absolute atomic E-state index is 13.0. The topological polar surface area (TPSA) is 89.5 Å². The summed E-state index contributed by atoms with van der Waals surface area (Å²) in [6.45, 7) is 7.36. The van der Waals surface area contributed by atoms with Gasteiger partial charge in [0, 0.05) is 23.1 Å². The second-order valence-electron chi connectivity index (χ2n) is 10.4. The molecule has 8 nitrogen and oxygen atoms in total. The molecule has 2 heterocycles. The van der Waals surface area contributed by atoms with Crippen LogP contribution >= 0.6 is 15.9 Å². The molecule has 1 aliphatic rings. The largest absolute Gasteiger partial charge is 0.495 e. The minimum Gasteiger partial charge on any atom is -0.495 e. The molecule has 3 aromatic carbocycles. The number of ether oxygens (including phenoxy) is 2. The van der Waals surface area contributed by atoms with Crippen molar-refractivity contribution in [3.63, 3.8) is 0 Å². The number of likely N-dealkylation sites (N-methyl/N-ethyl adjacent to an activating group) is 1. The zero-order chi connectivity index (χ0) is 27.0. The van der Waals surface area contributed by atoms with Gasteiger partial charge in [-0.15, -0.1) is 10.2 Å². The van der Waals surface area contributed by atoms with E-state index in [1.807, 2.05) is 51.1 Å². The number of methoxy groups -OCH3 is 1. The zero-order valence-electron chi connectivity index (χ0n) is 22.1. The van der Waals surface area contributed by atoms with Gasteiger partial charge in [0.05, 0.1) is 18.4 Å². The lowest BCUT2D eigenvalue weighted by Gasteiger charge is -2.26. The molecule has 0 unspecified atom stereocenters. The van der Waals surface area contributed by atoms with Crippen molar-refractivity contribution in [3.8, 4) is 16.9 Å². The van der Waals surface area contributed by atoms with E-state index in [0.29, 0.717) is 28.3 Å². The first-order valence-corrected chi connectivity index (χ1v) is 13.2. The molecule has 0 atom stereocenters.